The summed E-state index contributed by atoms with van der Waals surface area (Å²) >= 11 is 12.1. The molecule has 0 heterocycles. The Hall–Kier alpha value is -3.29. The minimum Gasteiger partial charge on any atom is -0.493 e. The summed E-state index contributed by atoms with van der Waals surface area (Å²) in [6.45, 7) is -0.296. The lowest BCUT2D eigenvalue weighted by molar-refractivity contribution is -0.120. The van der Waals surface area contributed by atoms with E-state index < -0.39 is 0 Å². The number of oxime groups is 1. The third-order valence-electron chi connectivity index (χ3n) is 4.18. The predicted octanol–water partition coefficient (Wildman–Crippen LogP) is 5.71. The molecule has 3 aromatic carbocycles. The minimum atomic E-state index is -0.378. The fraction of sp³-hybridized carbons (Fsp3) is 0.130. The molecule has 0 aliphatic carbocycles. The van der Waals surface area contributed by atoms with Gasteiger partial charge in [-0.3, -0.25) is 4.79 Å². The maximum atomic E-state index is 13.8. The highest BCUT2D eigenvalue weighted by Crippen LogP contribution is 2.36. The molecule has 0 fully saturated rings. The molecular weight excluding hydrogens is 458 g/mol. The Labute approximate surface area is 194 Å². The standard InChI is InChI=1S/C23H19Cl2FN2O4/c1-30-21-11-15(10-19(25)23(21)31-13-16-4-2-3-5-20(16)26)12-27-32-14-22(29)28-18-8-6-17(24)7-9-18/h2-12H,13-14H2,1H3,(H,28,29). The number of rotatable bonds is 9. The third-order valence-corrected chi connectivity index (χ3v) is 4.71. The van der Waals surface area contributed by atoms with Crippen LogP contribution in [0.2, 0.25) is 10.0 Å². The van der Waals surface area contributed by atoms with E-state index >= 15 is 0 Å². The van der Waals surface area contributed by atoms with E-state index in [0.717, 1.165) is 0 Å². The number of carbonyl (C=O) groups is 1. The molecule has 3 rings (SSSR count). The fourth-order valence-electron chi connectivity index (χ4n) is 2.64. The van der Waals surface area contributed by atoms with E-state index in [9.17, 15) is 9.18 Å². The van der Waals surface area contributed by atoms with Crippen molar-refractivity contribution in [2.75, 3.05) is 19.0 Å². The molecule has 0 saturated heterocycles. The Morgan fingerprint density at radius 3 is 2.59 bits per heavy atom. The van der Waals surface area contributed by atoms with Crippen LogP contribution < -0.4 is 14.8 Å². The van der Waals surface area contributed by atoms with E-state index in [0.29, 0.717) is 27.6 Å². The molecule has 3 aromatic rings. The number of hydrogen-bond acceptors (Lipinski definition) is 5. The first-order chi connectivity index (χ1) is 15.5. The molecule has 0 bridgehead atoms. The van der Waals surface area contributed by atoms with Crippen molar-refractivity contribution in [3.05, 3.63) is 87.7 Å². The summed E-state index contributed by atoms with van der Waals surface area (Å²) in [6, 6.07) is 16.2. The second-order valence-corrected chi connectivity index (χ2v) is 7.32. The van der Waals surface area contributed by atoms with Crippen LogP contribution in [0.5, 0.6) is 11.5 Å². The summed E-state index contributed by atoms with van der Waals surface area (Å²) in [6.07, 6.45) is 1.38. The van der Waals surface area contributed by atoms with Crippen molar-refractivity contribution in [3.63, 3.8) is 0 Å². The number of ether oxygens (including phenoxy) is 2. The molecule has 9 heteroatoms. The molecule has 32 heavy (non-hydrogen) atoms. The van der Waals surface area contributed by atoms with Crippen molar-refractivity contribution in [2.45, 2.75) is 6.61 Å². The van der Waals surface area contributed by atoms with E-state index in [4.69, 9.17) is 37.5 Å². The van der Waals surface area contributed by atoms with E-state index in [2.05, 4.69) is 10.5 Å². The van der Waals surface area contributed by atoms with Crippen molar-refractivity contribution in [1.82, 2.24) is 0 Å². The normalized spacial score (nSPS) is 10.8. The van der Waals surface area contributed by atoms with Gasteiger partial charge in [-0.05, 0) is 42.5 Å². The SMILES string of the molecule is COc1cc(C=NOCC(=O)Nc2ccc(Cl)cc2)cc(Cl)c1OCc1ccccc1F. The van der Waals surface area contributed by atoms with Crippen LogP contribution in [0.15, 0.2) is 65.8 Å². The number of methoxy groups -OCH3 is 1. The third kappa shape index (κ3) is 6.60. The van der Waals surface area contributed by atoms with Gasteiger partial charge in [0.2, 0.25) is 0 Å². The maximum Gasteiger partial charge on any atom is 0.265 e. The molecule has 6 nitrogen and oxygen atoms in total. The number of nitrogens with zero attached hydrogens (tertiary/aromatic N) is 1. The fourth-order valence-corrected chi connectivity index (χ4v) is 3.04. The number of carbonyl (C=O) groups excluding carboxylic acids is 1. The van der Waals surface area contributed by atoms with Crippen LogP contribution in [-0.2, 0) is 16.2 Å². The summed E-state index contributed by atoms with van der Waals surface area (Å²) < 4.78 is 24.8. The number of halogens is 3. The van der Waals surface area contributed by atoms with Crippen LogP contribution in [0.25, 0.3) is 0 Å². The largest absolute Gasteiger partial charge is 0.493 e. The second-order valence-electron chi connectivity index (χ2n) is 6.48. The van der Waals surface area contributed by atoms with Crippen LogP contribution in [0, 0.1) is 5.82 Å². The Kier molecular flexibility index (Phi) is 8.30. The molecule has 0 spiro atoms. The average molecular weight is 477 g/mol. The summed E-state index contributed by atoms with van der Waals surface area (Å²) in [4.78, 5) is 16.9. The zero-order valence-corrected chi connectivity index (χ0v) is 18.5. The zero-order chi connectivity index (χ0) is 22.9. The summed E-state index contributed by atoms with van der Waals surface area (Å²) in [5.74, 6) is -0.130. The topological polar surface area (TPSA) is 69.2 Å². The van der Waals surface area contributed by atoms with Crippen LogP contribution >= 0.6 is 23.2 Å². The van der Waals surface area contributed by atoms with Gasteiger partial charge in [-0.2, -0.15) is 0 Å². The molecule has 0 aromatic heterocycles. The summed E-state index contributed by atoms with van der Waals surface area (Å²) in [5, 5.41) is 7.25. The first-order valence-electron chi connectivity index (χ1n) is 9.40. The van der Waals surface area contributed by atoms with Gasteiger partial charge in [0.25, 0.3) is 5.91 Å². The lowest BCUT2D eigenvalue weighted by atomic mass is 10.2. The molecule has 0 aliphatic rings. The van der Waals surface area contributed by atoms with Crippen molar-refractivity contribution in [3.8, 4) is 11.5 Å². The average Bonchev–Trinajstić information content (AvgIpc) is 2.78. The predicted molar refractivity (Wildman–Crippen MR) is 122 cm³/mol. The summed E-state index contributed by atoms with van der Waals surface area (Å²) in [5.41, 5.74) is 1.54. The minimum absolute atomic E-state index is 0.0119. The smallest absolute Gasteiger partial charge is 0.265 e. The first-order valence-corrected chi connectivity index (χ1v) is 10.2. The Morgan fingerprint density at radius 2 is 1.88 bits per heavy atom. The zero-order valence-electron chi connectivity index (χ0n) is 17.0. The van der Waals surface area contributed by atoms with Gasteiger partial charge in [-0.1, -0.05) is 46.6 Å². The Bertz CT molecular complexity index is 1110. The molecular formula is C23H19Cl2FN2O4. The van der Waals surface area contributed by atoms with E-state index in [1.165, 1.54) is 19.4 Å². The van der Waals surface area contributed by atoms with Gasteiger partial charge < -0.3 is 19.6 Å². The van der Waals surface area contributed by atoms with E-state index in [1.807, 2.05) is 0 Å². The van der Waals surface area contributed by atoms with E-state index in [1.54, 1.807) is 54.6 Å². The van der Waals surface area contributed by atoms with Crippen LogP contribution in [0.4, 0.5) is 10.1 Å². The summed E-state index contributed by atoms with van der Waals surface area (Å²) in [7, 11) is 1.46. The van der Waals surface area contributed by atoms with E-state index in [-0.39, 0.29) is 35.7 Å². The Morgan fingerprint density at radius 1 is 1.12 bits per heavy atom. The number of nitrogens with one attached hydrogen (secondary N) is 1. The number of amides is 1. The first kappa shape index (κ1) is 23.4. The van der Waals surface area contributed by atoms with Gasteiger partial charge in [0.05, 0.1) is 18.3 Å². The molecule has 0 atom stereocenters. The molecule has 0 unspecified atom stereocenters. The molecule has 0 radical (unpaired) electrons. The van der Waals surface area contributed by atoms with Crippen LogP contribution in [0.3, 0.4) is 0 Å². The maximum absolute atomic E-state index is 13.8. The van der Waals surface area contributed by atoms with Gasteiger partial charge in [0.15, 0.2) is 18.1 Å². The second kappa shape index (κ2) is 11.4. The number of anilines is 1. The van der Waals surface area contributed by atoms with Crippen molar-refractivity contribution in [2.24, 2.45) is 5.16 Å². The van der Waals surface area contributed by atoms with Gasteiger partial charge in [-0.25, -0.2) is 4.39 Å². The molecule has 0 saturated carbocycles. The Balaban J connectivity index is 1.57. The van der Waals surface area contributed by atoms with Gasteiger partial charge in [0, 0.05) is 21.8 Å². The van der Waals surface area contributed by atoms with Crippen molar-refractivity contribution < 1.29 is 23.5 Å². The highest BCUT2D eigenvalue weighted by molar-refractivity contribution is 6.32. The van der Waals surface area contributed by atoms with Crippen LogP contribution in [0.1, 0.15) is 11.1 Å². The molecule has 1 amide bonds. The molecule has 0 aliphatic heterocycles. The van der Waals surface area contributed by atoms with Crippen LogP contribution in [-0.4, -0.2) is 25.8 Å². The molecule has 166 valence electrons. The number of benzene rings is 3. The van der Waals surface area contributed by atoms with Gasteiger partial charge >= 0.3 is 0 Å². The van der Waals surface area contributed by atoms with Gasteiger partial charge in [0.1, 0.15) is 12.4 Å². The monoisotopic (exact) mass is 476 g/mol. The highest BCUT2D eigenvalue weighted by Gasteiger charge is 2.13. The quantitative estimate of drug-likeness (QED) is 0.317. The number of hydrogen-bond donors (Lipinski definition) is 1. The highest BCUT2D eigenvalue weighted by atomic mass is 35.5. The molecule has 1 N–H and O–H groups in total. The lowest BCUT2D eigenvalue weighted by Crippen LogP contribution is -2.16. The van der Waals surface area contributed by atoms with Crippen molar-refractivity contribution >= 4 is 41.0 Å². The lowest BCUT2D eigenvalue weighted by Gasteiger charge is -2.13. The van der Waals surface area contributed by atoms with Gasteiger partial charge in [-0.15, -0.1) is 0 Å². The van der Waals surface area contributed by atoms with Crippen molar-refractivity contribution in [1.29, 1.82) is 0 Å².